The van der Waals surface area contributed by atoms with Crippen LogP contribution in [0, 0.1) is 0 Å². The molecule has 1 atom stereocenters. The Morgan fingerprint density at radius 2 is 1.71 bits per heavy atom. The molecular weight excluding hydrogens is 470 g/mol. The predicted molar refractivity (Wildman–Crippen MR) is 106 cm³/mol. The molecule has 3 heterocycles. The van der Waals surface area contributed by atoms with Crippen LogP contribution < -0.4 is 10.9 Å². The lowest BCUT2D eigenvalue weighted by molar-refractivity contribution is -0.142. The van der Waals surface area contributed by atoms with E-state index in [9.17, 15) is 31.1 Å². The van der Waals surface area contributed by atoms with Crippen LogP contribution in [0.15, 0.2) is 41.7 Å². The lowest BCUT2D eigenvalue weighted by Crippen LogP contribution is -2.22. The van der Waals surface area contributed by atoms with Gasteiger partial charge in [0.05, 0.1) is 22.7 Å². The molecule has 0 aliphatic carbocycles. The highest BCUT2D eigenvalue weighted by Gasteiger charge is 2.39. The zero-order valence-electron chi connectivity index (χ0n) is 17.3. The summed E-state index contributed by atoms with van der Waals surface area (Å²) in [6.07, 6.45) is -8.10. The summed E-state index contributed by atoms with van der Waals surface area (Å²) >= 11 is 0. The molecule has 3 aromatic heterocycles. The van der Waals surface area contributed by atoms with E-state index in [-0.39, 0.29) is 29.1 Å². The molecule has 0 amide bonds. The second kappa shape index (κ2) is 8.07. The van der Waals surface area contributed by atoms with E-state index in [1.807, 2.05) is 0 Å². The number of fused-ring (bicyclic) bond motifs is 1. The third-order valence-electron chi connectivity index (χ3n) is 4.85. The van der Waals surface area contributed by atoms with E-state index < -0.39 is 40.4 Å². The monoisotopic (exact) mass is 484 g/mol. The maximum Gasteiger partial charge on any atom is 0.418 e. The van der Waals surface area contributed by atoms with Crippen LogP contribution in [0.25, 0.3) is 16.7 Å². The van der Waals surface area contributed by atoms with Gasteiger partial charge in [0.1, 0.15) is 18.5 Å². The molecule has 1 N–H and O–H groups in total. The van der Waals surface area contributed by atoms with Gasteiger partial charge in [0.25, 0.3) is 5.56 Å². The Bertz CT molecular complexity index is 1430. The second-order valence-electron chi connectivity index (χ2n) is 7.19. The zero-order chi connectivity index (χ0) is 24.8. The van der Waals surface area contributed by atoms with Crippen molar-refractivity contribution in [3.63, 3.8) is 0 Å². The highest BCUT2D eigenvalue weighted by molar-refractivity contribution is 5.92. The number of nitrogens with one attached hydrogen (secondary N) is 1. The first-order valence-corrected chi connectivity index (χ1v) is 9.50. The minimum Gasteiger partial charge on any atom is -0.360 e. The van der Waals surface area contributed by atoms with Crippen molar-refractivity contribution in [2.45, 2.75) is 25.3 Å². The first kappa shape index (κ1) is 23.1. The van der Waals surface area contributed by atoms with Crippen molar-refractivity contribution in [3.05, 3.63) is 64.2 Å². The predicted octanol–water partition coefficient (Wildman–Crippen LogP) is 3.51. The first-order chi connectivity index (χ1) is 15.9. The second-order valence-corrected chi connectivity index (χ2v) is 7.19. The zero-order valence-corrected chi connectivity index (χ0v) is 17.3. The highest BCUT2D eigenvalue weighted by Crippen LogP contribution is 2.40. The Balaban J connectivity index is 1.80. The summed E-state index contributed by atoms with van der Waals surface area (Å²) in [5.74, 6) is 0.160. The first-order valence-electron chi connectivity index (χ1n) is 9.50. The lowest BCUT2D eigenvalue weighted by atomic mass is 10.0. The number of hydrogen-bond donors (Lipinski definition) is 1. The van der Waals surface area contributed by atoms with Gasteiger partial charge in [-0.1, -0.05) is 0 Å². The maximum absolute atomic E-state index is 13.5. The molecule has 0 fully saturated rings. The van der Waals surface area contributed by atoms with Gasteiger partial charge in [0.2, 0.25) is 0 Å². The molecule has 0 spiro atoms. The topological polar surface area (TPSA) is 103 Å². The molecule has 0 saturated heterocycles. The van der Waals surface area contributed by atoms with Gasteiger partial charge in [-0.25, -0.2) is 19.6 Å². The Kier molecular flexibility index (Phi) is 5.49. The van der Waals surface area contributed by atoms with Crippen LogP contribution in [-0.2, 0) is 19.4 Å². The highest BCUT2D eigenvalue weighted by atomic mass is 19.4. The van der Waals surface area contributed by atoms with Crippen molar-refractivity contribution in [2.24, 2.45) is 7.05 Å². The number of halogens is 6. The largest absolute Gasteiger partial charge is 0.418 e. The fourth-order valence-electron chi connectivity index (χ4n) is 3.26. The van der Waals surface area contributed by atoms with E-state index in [1.165, 1.54) is 30.2 Å². The van der Waals surface area contributed by atoms with E-state index in [1.54, 1.807) is 6.92 Å². The molecule has 1 unspecified atom stereocenters. The summed E-state index contributed by atoms with van der Waals surface area (Å²) in [5.41, 5.74) is -4.08. The van der Waals surface area contributed by atoms with E-state index in [4.69, 9.17) is 0 Å². The third-order valence-corrected chi connectivity index (χ3v) is 4.85. The Morgan fingerprint density at radius 1 is 0.971 bits per heavy atom. The fourth-order valence-corrected chi connectivity index (χ4v) is 3.26. The smallest absolute Gasteiger partial charge is 0.360 e. The van der Waals surface area contributed by atoms with Gasteiger partial charge < -0.3 is 5.32 Å². The van der Waals surface area contributed by atoms with Crippen molar-refractivity contribution in [3.8, 4) is 5.82 Å². The standard InChI is InChI=1S/C19H14F6N8O/c1-9(17-28-8-29-33(17)13-3-4-14(34)32(2)31-13)30-16-11-5-10(18(20,21)22)6-12(19(23,24)25)15(11)26-7-27-16/h3-9H,1-2H3,(H,26,27,30). The number of anilines is 1. The Morgan fingerprint density at radius 3 is 2.35 bits per heavy atom. The van der Waals surface area contributed by atoms with E-state index in [0.717, 1.165) is 11.0 Å². The van der Waals surface area contributed by atoms with Gasteiger partial charge in [0.15, 0.2) is 11.6 Å². The van der Waals surface area contributed by atoms with Crippen molar-refractivity contribution in [1.29, 1.82) is 0 Å². The summed E-state index contributed by atoms with van der Waals surface area (Å²) in [5, 5.41) is 10.4. The molecule has 4 rings (SSSR count). The summed E-state index contributed by atoms with van der Waals surface area (Å²) in [6.45, 7) is 1.55. The molecule has 178 valence electrons. The van der Waals surface area contributed by atoms with Crippen LogP contribution in [0.4, 0.5) is 32.2 Å². The Labute approximate surface area is 186 Å². The molecule has 0 aliphatic heterocycles. The van der Waals surface area contributed by atoms with Crippen LogP contribution in [0.2, 0.25) is 0 Å². The molecule has 4 aromatic rings. The molecule has 0 saturated carbocycles. The number of nitrogens with zero attached hydrogens (tertiary/aromatic N) is 7. The van der Waals surface area contributed by atoms with E-state index >= 15 is 0 Å². The average Bonchev–Trinajstić information content (AvgIpc) is 3.24. The average molecular weight is 484 g/mol. The number of hydrogen-bond acceptors (Lipinski definition) is 7. The minimum absolute atomic E-state index is 0.0184. The number of alkyl halides is 6. The lowest BCUT2D eigenvalue weighted by Gasteiger charge is -2.18. The summed E-state index contributed by atoms with van der Waals surface area (Å²) < 4.78 is 82.8. The quantitative estimate of drug-likeness (QED) is 0.442. The summed E-state index contributed by atoms with van der Waals surface area (Å²) in [7, 11) is 1.42. The van der Waals surface area contributed by atoms with Crippen molar-refractivity contribution < 1.29 is 26.3 Å². The third kappa shape index (κ3) is 4.27. The van der Waals surface area contributed by atoms with E-state index in [0.29, 0.717) is 6.07 Å². The SMILES string of the molecule is CC(Nc1ncnc2c(C(F)(F)F)cc(C(F)(F)F)cc12)c1ncnn1-c1ccc(=O)n(C)n1. The molecule has 9 nitrogen and oxygen atoms in total. The van der Waals surface area contributed by atoms with Crippen molar-refractivity contribution in [1.82, 2.24) is 34.5 Å². The van der Waals surface area contributed by atoms with Crippen LogP contribution in [0.1, 0.15) is 29.9 Å². The Hall–Kier alpha value is -4.04. The van der Waals surface area contributed by atoms with Gasteiger partial charge in [-0.15, -0.1) is 5.10 Å². The van der Waals surface area contributed by atoms with Crippen molar-refractivity contribution in [2.75, 3.05) is 5.32 Å². The van der Waals surface area contributed by atoms with Gasteiger partial charge in [0, 0.05) is 18.5 Å². The van der Waals surface area contributed by atoms with Gasteiger partial charge >= 0.3 is 12.4 Å². The van der Waals surface area contributed by atoms with E-state index in [2.05, 4.69) is 30.5 Å². The van der Waals surface area contributed by atoms with Gasteiger partial charge in [-0.2, -0.15) is 36.1 Å². The molecule has 1 aromatic carbocycles. The molecular formula is C19H14F6N8O. The molecule has 34 heavy (non-hydrogen) atoms. The molecule has 0 radical (unpaired) electrons. The number of benzene rings is 1. The van der Waals surface area contributed by atoms with Crippen LogP contribution >= 0.6 is 0 Å². The van der Waals surface area contributed by atoms with Crippen LogP contribution in [0.5, 0.6) is 0 Å². The normalized spacial score (nSPS) is 13.3. The molecule has 0 bridgehead atoms. The number of aromatic nitrogens is 7. The summed E-state index contributed by atoms with van der Waals surface area (Å²) in [6, 6.07) is 2.41. The number of aryl methyl sites for hydroxylation is 1. The fraction of sp³-hybridized carbons (Fsp3) is 0.263. The molecule has 15 heteroatoms. The van der Waals surface area contributed by atoms with Gasteiger partial charge in [-0.3, -0.25) is 4.79 Å². The summed E-state index contributed by atoms with van der Waals surface area (Å²) in [4.78, 5) is 23.1. The van der Waals surface area contributed by atoms with Crippen LogP contribution in [-0.4, -0.2) is 34.5 Å². The molecule has 0 aliphatic rings. The number of rotatable bonds is 4. The van der Waals surface area contributed by atoms with Crippen LogP contribution in [0.3, 0.4) is 0 Å². The maximum atomic E-state index is 13.5. The minimum atomic E-state index is -5.08. The van der Waals surface area contributed by atoms with Crippen molar-refractivity contribution >= 4 is 16.7 Å². The van der Waals surface area contributed by atoms with Gasteiger partial charge in [-0.05, 0) is 25.1 Å².